The Morgan fingerprint density at radius 2 is 1.96 bits per heavy atom. The van der Waals surface area contributed by atoms with Crippen molar-refractivity contribution in [2.75, 3.05) is 27.4 Å². The summed E-state index contributed by atoms with van der Waals surface area (Å²) in [5, 5.41) is 6.37. The molecule has 0 bridgehead atoms. The van der Waals surface area contributed by atoms with E-state index in [0.717, 1.165) is 32.2 Å². The minimum atomic E-state index is -2.08. The van der Waals surface area contributed by atoms with E-state index >= 15 is 0 Å². The molecule has 1 saturated heterocycles. The lowest BCUT2D eigenvalue weighted by atomic mass is 10.0. The van der Waals surface area contributed by atoms with Crippen molar-refractivity contribution < 1.29 is 14.3 Å². The van der Waals surface area contributed by atoms with Crippen LogP contribution in [0, 0.1) is 0 Å². The molecule has 1 aliphatic rings. The van der Waals surface area contributed by atoms with Gasteiger partial charge in [0.25, 0.3) is 0 Å². The maximum Gasteiger partial charge on any atom is 0.314 e. The summed E-state index contributed by atoms with van der Waals surface area (Å²) in [6, 6.07) is 0.303. The van der Waals surface area contributed by atoms with Gasteiger partial charge in [-0.25, -0.2) is 0 Å². The second-order valence-electron chi connectivity index (χ2n) is 8.75. The quantitative estimate of drug-likeness (QED) is 0.363. The first-order valence-electron chi connectivity index (χ1n) is 9.46. The molecular formula is C19H38N2O3Si. The van der Waals surface area contributed by atoms with Gasteiger partial charge in [-0.2, -0.15) is 5.10 Å². The molecule has 0 N–H and O–H groups in total. The van der Waals surface area contributed by atoms with Gasteiger partial charge in [0.2, 0.25) is 0 Å². The van der Waals surface area contributed by atoms with E-state index in [2.05, 4.69) is 45.8 Å². The molecule has 0 aromatic rings. The molecule has 2 atom stereocenters. The molecule has 5 nitrogen and oxygen atoms in total. The number of hydrogen-bond acceptors (Lipinski definition) is 5. The number of carbonyl (C=O) groups excluding carboxylic acids is 1. The van der Waals surface area contributed by atoms with E-state index in [4.69, 9.17) is 14.6 Å². The molecule has 0 unspecified atom stereocenters. The Hall–Kier alpha value is -0.883. The SMILES string of the molecule is CCC[C@@](/C=N/N1CCC[C@H]1COC)(C(=O)OC)[Si](C)(C)C(C)(C)C. The van der Waals surface area contributed by atoms with Crippen LogP contribution in [-0.4, -0.2) is 58.7 Å². The lowest BCUT2D eigenvalue weighted by molar-refractivity contribution is -0.142. The largest absolute Gasteiger partial charge is 0.469 e. The second-order valence-corrected chi connectivity index (χ2v) is 14.4. The molecule has 6 heteroatoms. The molecule has 1 fully saturated rings. The van der Waals surface area contributed by atoms with Crippen molar-refractivity contribution in [3.05, 3.63) is 0 Å². The van der Waals surface area contributed by atoms with Crippen LogP contribution in [-0.2, 0) is 14.3 Å². The van der Waals surface area contributed by atoms with Crippen LogP contribution in [0.3, 0.4) is 0 Å². The molecule has 0 radical (unpaired) electrons. The maximum absolute atomic E-state index is 13.0. The third kappa shape index (κ3) is 4.45. The topological polar surface area (TPSA) is 51.1 Å². The molecule has 0 aromatic carbocycles. The summed E-state index contributed by atoms with van der Waals surface area (Å²) in [4.78, 5) is 13.0. The van der Waals surface area contributed by atoms with Gasteiger partial charge in [-0.3, -0.25) is 9.80 Å². The number of esters is 1. The third-order valence-electron chi connectivity index (χ3n) is 6.32. The Labute approximate surface area is 155 Å². The first kappa shape index (κ1) is 22.2. The normalized spacial score (nSPS) is 21.6. The van der Waals surface area contributed by atoms with E-state index in [9.17, 15) is 4.79 Å². The van der Waals surface area contributed by atoms with Crippen molar-refractivity contribution >= 4 is 20.3 Å². The van der Waals surface area contributed by atoms with Crippen molar-refractivity contribution in [2.24, 2.45) is 5.10 Å². The fraction of sp³-hybridized carbons (Fsp3) is 0.895. The summed E-state index contributed by atoms with van der Waals surface area (Å²) in [7, 11) is 1.14. The zero-order valence-corrected chi connectivity index (χ0v) is 18.5. The van der Waals surface area contributed by atoms with Gasteiger partial charge in [-0.1, -0.05) is 47.2 Å². The summed E-state index contributed by atoms with van der Waals surface area (Å²) in [5.41, 5.74) is 0. The first-order valence-corrected chi connectivity index (χ1v) is 12.5. The summed E-state index contributed by atoms with van der Waals surface area (Å²) >= 11 is 0. The van der Waals surface area contributed by atoms with Crippen LogP contribution in [0.4, 0.5) is 0 Å². The van der Waals surface area contributed by atoms with Gasteiger partial charge >= 0.3 is 5.97 Å². The van der Waals surface area contributed by atoms with Crippen LogP contribution < -0.4 is 0 Å². The summed E-state index contributed by atoms with van der Waals surface area (Å²) in [6.45, 7) is 15.0. The molecule has 25 heavy (non-hydrogen) atoms. The monoisotopic (exact) mass is 370 g/mol. The van der Waals surface area contributed by atoms with E-state index in [0.29, 0.717) is 12.6 Å². The number of hydrazone groups is 1. The summed E-state index contributed by atoms with van der Waals surface area (Å²) in [6.07, 6.45) is 5.85. The lowest BCUT2D eigenvalue weighted by Gasteiger charge is -2.48. The van der Waals surface area contributed by atoms with Crippen molar-refractivity contribution in [2.45, 2.75) is 82.6 Å². The van der Waals surface area contributed by atoms with Crippen molar-refractivity contribution in [3.8, 4) is 0 Å². The molecule has 0 spiro atoms. The Morgan fingerprint density at radius 3 is 2.44 bits per heavy atom. The minimum absolute atomic E-state index is 0.0549. The predicted octanol–water partition coefficient (Wildman–Crippen LogP) is 4.31. The zero-order chi connectivity index (χ0) is 19.3. The van der Waals surface area contributed by atoms with Crippen LogP contribution in [0.1, 0.15) is 53.4 Å². The van der Waals surface area contributed by atoms with Crippen LogP contribution in [0.2, 0.25) is 23.2 Å². The van der Waals surface area contributed by atoms with Crippen molar-refractivity contribution in [3.63, 3.8) is 0 Å². The molecule has 1 aliphatic heterocycles. The zero-order valence-electron chi connectivity index (χ0n) is 17.5. The molecule has 1 rings (SSSR count). The van der Waals surface area contributed by atoms with Gasteiger partial charge in [0, 0.05) is 19.9 Å². The van der Waals surface area contributed by atoms with E-state index in [1.165, 1.54) is 7.11 Å². The number of nitrogens with zero attached hydrogens (tertiary/aromatic N) is 2. The van der Waals surface area contributed by atoms with Gasteiger partial charge in [0.05, 0.1) is 32.9 Å². The maximum atomic E-state index is 13.0. The average Bonchev–Trinajstić information content (AvgIpc) is 2.97. The molecule has 146 valence electrons. The van der Waals surface area contributed by atoms with Crippen molar-refractivity contribution in [1.82, 2.24) is 5.01 Å². The molecule has 0 saturated carbocycles. The summed E-state index contributed by atoms with van der Waals surface area (Å²) < 4.78 is 10.6. The molecule has 0 amide bonds. The van der Waals surface area contributed by atoms with Crippen LogP contribution in [0.25, 0.3) is 0 Å². The fourth-order valence-corrected chi connectivity index (χ4v) is 6.91. The number of ether oxygens (including phenoxy) is 2. The van der Waals surface area contributed by atoms with E-state index < -0.39 is 13.1 Å². The molecular weight excluding hydrogens is 332 g/mol. The third-order valence-corrected chi connectivity index (χ3v) is 12.9. The van der Waals surface area contributed by atoms with Crippen molar-refractivity contribution in [1.29, 1.82) is 0 Å². The Kier molecular flexibility index (Phi) is 7.68. The highest BCUT2D eigenvalue weighted by Gasteiger charge is 2.57. The lowest BCUT2D eigenvalue weighted by Crippen LogP contribution is -2.55. The fourth-order valence-electron chi connectivity index (χ4n) is 3.70. The second kappa shape index (κ2) is 8.67. The Bertz CT molecular complexity index is 474. The number of rotatable bonds is 8. The molecule has 0 aromatic heterocycles. The first-order chi connectivity index (χ1) is 11.6. The number of carbonyl (C=O) groups is 1. The van der Waals surface area contributed by atoms with Crippen LogP contribution >= 0.6 is 0 Å². The number of methoxy groups -OCH3 is 2. The van der Waals surface area contributed by atoms with Crippen LogP contribution in [0.15, 0.2) is 5.10 Å². The highest BCUT2D eigenvalue weighted by molar-refractivity contribution is 6.88. The molecule has 1 heterocycles. The Balaban J connectivity index is 3.31. The smallest absolute Gasteiger partial charge is 0.314 e. The number of hydrogen-bond donors (Lipinski definition) is 0. The summed E-state index contributed by atoms with van der Waals surface area (Å²) in [5.74, 6) is -0.132. The van der Waals surface area contributed by atoms with Gasteiger partial charge in [-0.15, -0.1) is 0 Å². The minimum Gasteiger partial charge on any atom is -0.469 e. The van der Waals surface area contributed by atoms with E-state index in [1.54, 1.807) is 7.11 Å². The Morgan fingerprint density at radius 1 is 1.32 bits per heavy atom. The highest BCUT2D eigenvalue weighted by atomic mass is 28.3. The predicted molar refractivity (Wildman–Crippen MR) is 107 cm³/mol. The van der Waals surface area contributed by atoms with Gasteiger partial charge in [0.1, 0.15) is 0 Å². The van der Waals surface area contributed by atoms with Gasteiger partial charge in [-0.05, 0) is 24.3 Å². The highest BCUT2D eigenvalue weighted by Crippen LogP contribution is 2.54. The molecule has 0 aliphatic carbocycles. The standard InChI is InChI=1S/C19H38N2O3Si/c1-9-12-19(17(22)24-6,25(7,8)18(2,3)4)15-20-21-13-10-11-16(21)14-23-5/h15-16H,9-14H2,1-8H3/b20-15+/t16-,19+/m0/s1. The van der Waals surface area contributed by atoms with E-state index in [-0.39, 0.29) is 11.0 Å². The average molecular weight is 371 g/mol. The van der Waals surface area contributed by atoms with E-state index in [1.807, 2.05) is 6.21 Å². The van der Waals surface area contributed by atoms with Gasteiger partial charge < -0.3 is 9.47 Å². The van der Waals surface area contributed by atoms with Gasteiger partial charge in [0.15, 0.2) is 0 Å². The van der Waals surface area contributed by atoms with Crippen LogP contribution in [0.5, 0.6) is 0 Å².